The Balaban J connectivity index is 2.23. The number of amides is 1. The maximum absolute atomic E-state index is 12.6. The zero-order valence-corrected chi connectivity index (χ0v) is 12.6. The summed E-state index contributed by atoms with van der Waals surface area (Å²) in [5, 5.41) is 10.8. The number of hydrogen-bond donors (Lipinski definition) is 1. The fraction of sp³-hybridized carbons (Fsp3) is 0.533. The normalized spacial score (nSPS) is 21.1. The molecule has 1 fully saturated rings. The molecular weight excluding hydrogens is 270 g/mol. The highest BCUT2D eigenvalue weighted by atomic mass is 16.6. The van der Waals surface area contributed by atoms with E-state index in [1.54, 1.807) is 11.8 Å². The summed E-state index contributed by atoms with van der Waals surface area (Å²) in [7, 11) is 0. The molecule has 6 nitrogen and oxygen atoms in total. The first-order chi connectivity index (χ1) is 9.72. The van der Waals surface area contributed by atoms with Gasteiger partial charge in [0.05, 0.1) is 4.92 Å². The molecule has 2 rings (SSSR count). The molecule has 1 aromatic carbocycles. The van der Waals surface area contributed by atoms with E-state index >= 15 is 0 Å². The number of non-ortho nitro benzene ring substituents is 1. The number of nitrogens with two attached hydrogens (primary N) is 1. The monoisotopic (exact) mass is 291 g/mol. The molecule has 2 N–H and O–H groups in total. The molecule has 1 aliphatic rings. The summed E-state index contributed by atoms with van der Waals surface area (Å²) in [6.45, 7) is 7.06. The minimum absolute atomic E-state index is 0.00467. The standard InChI is InChI=1S/C15H21N3O3/c1-10-8-11(18(20)21)4-5-12(10)14(19)17-7-6-13(16)15(2,3)9-17/h4-5,8,13H,6-7,9,16H2,1-3H3. The van der Waals surface area contributed by atoms with Gasteiger partial charge in [-0.3, -0.25) is 14.9 Å². The third-order valence-electron chi connectivity index (χ3n) is 4.25. The van der Waals surface area contributed by atoms with Gasteiger partial charge in [-0.2, -0.15) is 0 Å². The van der Waals surface area contributed by atoms with Crippen molar-refractivity contribution in [2.24, 2.45) is 11.1 Å². The van der Waals surface area contributed by atoms with Crippen LogP contribution in [0.2, 0.25) is 0 Å². The molecule has 21 heavy (non-hydrogen) atoms. The number of rotatable bonds is 2. The van der Waals surface area contributed by atoms with Crippen LogP contribution in [0.3, 0.4) is 0 Å². The summed E-state index contributed by atoms with van der Waals surface area (Å²) in [5.74, 6) is -0.0811. The average Bonchev–Trinajstić information content (AvgIpc) is 2.40. The zero-order chi connectivity index (χ0) is 15.8. The maximum atomic E-state index is 12.6. The van der Waals surface area contributed by atoms with Crippen molar-refractivity contribution >= 4 is 11.6 Å². The Morgan fingerprint density at radius 2 is 2.14 bits per heavy atom. The summed E-state index contributed by atoms with van der Waals surface area (Å²) in [6, 6.07) is 4.44. The fourth-order valence-corrected chi connectivity index (χ4v) is 2.72. The predicted molar refractivity (Wildman–Crippen MR) is 80.1 cm³/mol. The van der Waals surface area contributed by atoms with Gasteiger partial charge in [0.1, 0.15) is 0 Å². The van der Waals surface area contributed by atoms with Gasteiger partial charge < -0.3 is 10.6 Å². The molecule has 1 aromatic rings. The van der Waals surface area contributed by atoms with Gasteiger partial charge >= 0.3 is 0 Å². The van der Waals surface area contributed by atoms with E-state index in [1.165, 1.54) is 18.2 Å². The molecule has 0 spiro atoms. The molecule has 1 unspecified atom stereocenters. The Kier molecular flexibility index (Phi) is 4.00. The van der Waals surface area contributed by atoms with Crippen LogP contribution in [0, 0.1) is 22.5 Å². The van der Waals surface area contributed by atoms with Crippen LogP contribution in [-0.4, -0.2) is 34.9 Å². The first kappa shape index (κ1) is 15.4. The van der Waals surface area contributed by atoms with Gasteiger partial charge in [-0.25, -0.2) is 0 Å². The van der Waals surface area contributed by atoms with Crippen LogP contribution in [-0.2, 0) is 0 Å². The molecule has 1 heterocycles. The van der Waals surface area contributed by atoms with Crippen molar-refractivity contribution in [1.29, 1.82) is 0 Å². The molecule has 1 amide bonds. The Morgan fingerprint density at radius 1 is 1.48 bits per heavy atom. The van der Waals surface area contributed by atoms with Crippen LogP contribution in [0.15, 0.2) is 18.2 Å². The van der Waals surface area contributed by atoms with Crippen molar-refractivity contribution in [3.05, 3.63) is 39.4 Å². The first-order valence-corrected chi connectivity index (χ1v) is 7.02. The number of likely N-dealkylation sites (tertiary alicyclic amines) is 1. The van der Waals surface area contributed by atoms with E-state index in [1.807, 2.05) is 0 Å². The second-order valence-corrected chi connectivity index (χ2v) is 6.37. The van der Waals surface area contributed by atoms with E-state index < -0.39 is 4.92 Å². The number of piperidine rings is 1. The van der Waals surface area contributed by atoms with Gasteiger partial charge in [-0.1, -0.05) is 13.8 Å². The van der Waals surface area contributed by atoms with Crippen molar-refractivity contribution in [2.75, 3.05) is 13.1 Å². The van der Waals surface area contributed by atoms with Crippen molar-refractivity contribution in [3.8, 4) is 0 Å². The van der Waals surface area contributed by atoms with Gasteiger partial charge in [0, 0.05) is 36.8 Å². The number of carbonyl (C=O) groups excluding carboxylic acids is 1. The number of carbonyl (C=O) groups is 1. The van der Waals surface area contributed by atoms with E-state index in [2.05, 4.69) is 13.8 Å². The van der Waals surface area contributed by atoms with E-state index in [4.69, 9.17) is 5.73 Å². The average molecular weight is 291 g/mol. The number of nitro benzene ring substituents is 1. The minimum atomic E-state index is -0.454. The molecule has 1 saturated heterocycles. The Bertz CT molecular complexity index is 584. The minimum Gasteiger partial charge on any atom is -0.338 e. The van der Waals surface area contributed by atoms with Gasteiger partial charge in [0.25, 0.3) is 11.6 Å². The number of nitrogens with zero attached hydrogens (tertiary/aromatic N) is 2. The SMILES string of the molecule is Cc1cc([N+](=O)[O-])ccc1C(=O)N1CCC(N)C(C)(C)C1. The van der Waals surface area contributed by atoms with Gasteiger partial charge in [-0.05, 0) is 30.4 Å². The van der Waals surface area contributed by atoms with E-state index in [9.17, 15) is 14.9 Å². The summed E-state index contributed by atoms with van der Waals surface area (Å²) in [4.78, 5) is 24.7. The van der Waals surface area contributed by atoms with Crippen molar-refractivity contribution < 1.29 is 9.72 Å². The number of aryl methyl sites for hydroxylation is 1. The molecule has 1 atom stereocenters. The lowest BCUT2D eigenvalue weighted by atomic mass is 9.79. The molecule has 1 aliphatic heterocycles. The van der Waals surface area contributed by atoms with Crippen LogP contribution < -0.4 is 5.73 Å². The topological polar surface area (TPSA) is 89.5 Å². The van der Waals surface area contributed by atoms with Crippen LogP contribution in [0.4, 0.5) is 5.69 Å². The molecular formula is C15H21N3O3. The maximum Gasteiger partial charge on any atom is 0.269 e. The third-order valence-corrected chi connectivity index (χ3v) is 4.25. The zero-order valence-electron chi connectivity index (χ0n) is 12.6. The van der Waals surface area contributed by atoms with Crippen LogP contribution in [0.25, 0.3) is 0 Å². The van der Waals surface area contributed by atoms with E-state index in [-0.39, 0.29) is 23.1 Å². The molecule has 6 heteroatoms. The van der Waals surface area contributed by atoms with Gasteiger partial charge in [-0.15, -0.1) is 0 Å². The van der Waals surface area contributed by atoms with Crippen molar-refractivity contribution in [2.45, 2.75) is 33.2 Å². The molecule has 0 aromatic heterocycles. The third kappa shape index (κ3) is 3.05. The number of hydrogen-bond acceptors (Lipinski definition) is 4. The highest BCUT2D eigenvalue weighted by Crippen LogP contribution is 2.29. The number of benzene rings is 1. The Morgan fingerprint density at radius 3 is 2.67 bits per heavy atom. The lowest BCUT2D eigenvalue weighted by molar-refractivity contribution is -0.384. The van der Waals surface area contributed by atoms with Crippen molar-refractivity contribution in [3.63, 3.8) is 0 Å². The number of nitro groups is 1. The van der Waals surface area contributed by atoms with Crippen LogP contribution in [0.5, 0.6) is 0 Å². The molecule has 0 bridgehead atoms. The van der Waals surface area contributed by atoms with Crippen LogP contribution in [0.1, 0.15) is 36.2 Å². The quantitative estimate of drug-likeness (QED) is 0.667. The summed E-state index contributed by atoms with van der Waals surface area (Å²) in [6.07, 6.45) is 0.769. The highest BCUT2D eigenvalue weighted by molar-refractivity contribution is 5.96. The van der Waals surface area contributed by atoms with Gasteiger partial charge in [0.2, 0.25) is 0 Å². The van der Waals surface area contributed by atoms with Crippen LogP contribution >= 0.6 is 0 Å². The molecule has 114 valence electrons. The first-order valence-electron chi connectivity index (χ1n) is 7.02. The molecule has 0 radical (unpaired) electrons. The highest BCUT2D eigenvalue weighted by Gasteiger charge is 2.35. The fourth-order valence-electron chi connectivity index (χ4n) is 2.72. The van der Waals surface area contributed by atoms with E-state index in [0.717, 1.165) is 6.42 Å². The molecule has 0 saturated carbocycles. The van der Waals surface area contributed by atoms with Gasteiger partial charge in [0.15, 0.2) is 0 Å². The smallest absolute Gasteiger partial charge is 0.269 e. The predicted octanol–water partition coefficient (Wildman–Crippen LogP) is 2.10. The lowest BCUT2D eigenvalue weighted by Crippen LogP contribution is -2.54. The molecule has 0 aliphatic carbocycles. The summed E-state index contributed by atoms with van der Waals surface area (Å²) >= 11 is 0. The lowest BCUT2D eigenvalue weighted by Gasteiger charge is -2.42. The summed E-state index contributed by atoms with van der Waals surface area (Å²) < 4.78 is 0. The van der Waals surface area contributed by atoms with Crippen molar-refractivity contribution in [1.82, 2.24) is 4.90 Å². The summed E-state index contributed by atoms with van der Waals surface area (Å²) in [5.41, 5.74) is 7.11. The largest absolute Gasteiger partial charge is 0.338 e. The van der Waals surface area contributed by atoms with E-state index in [0.29, 0.717) is 24.2 Å². The Labute approximate surface area is 124 Å². The second kappa shape index (κ2) is 5.44. The Hall–Kier alpha value is -1.95. The second-order valence-electron chi connectivity index (χ2n) is 6.37.